The lowest BCUT2D eigenvalue weighted by molar-refractivity contribution is -0.384. The van der Waals surface area contributed by atoms with E-state index in [1.54, 1.807) is 7.05 Å². The van der Waals surface area contributed by atoms with Gasteiger partial charge in [0.2, 0.25) is 17.8 Å². The summed E-state index contributed by atoms with van der Waals surface area (Å²) in [6.07, 6.45) is -0.524. The number of aromatic nitrogens is 3. The number of nitro groups is 1. The number of amides is 1. The van der Waals surface area contributed by atoms with Crippen molar-refractivity contribution < 1.29 is 14.5 Å². The number of likely N-dealkylation sites (N-methyl/N-ethyl adjacent to an activating group) is 1. The molecule has 0 radical (unpaired) electrons. The quantitative estimate of drug-likeness (QED) is 0.0504. The molecule has 1 amide bonds. The van der Waals surface area contributed by atoms with Gasteiger partial charge in [0.1, 0.15) is 6.61 Å². The van der Waals surface area contributed by atoms with Crippen LogP contribution in [0.1, 0.15) is 18.1 Å². The highest BCUT2D eigenvalue weighted by Crippen LogP contribution is 2.24. The van der Waals surface area contributed by atoms with Crippen LogP contribution in [-0.2, 0) is 4.74 Å². The van der Waals surface area contributed by atoms with E-state index in [1.165, 1.54) is 24.3 Å². The molecule has 0 atom stereocenters. The minimum absolute atomic E-state index is 0.00243. The Kier molecular flexibility index (Phi) is 11.7. The third kappa shape index (κ3) is 10.1. The van der Waals surface area contributed by atoms with E-state index in [2.05, 4.69) is 57.4 Å². The topological polar surface area (TPSA) is 184 Å². The number of ether oxygens (including phenoxy) is 1. The molecule has 15 heteroatoms. The Labute approximate surface area is 266 Å². The van der Waals surface area contributed by atoms with Crippen molar-refractivity contribution in [2.75, 3.05) is 60.7 Å². The Morgan fingerprint density at radius 2 is 1.50 bits per heavy atom. The first-order chi connectivity index (χ1) is 22.2. The maximum atomic E-state index is 12.3. The number of carbonyl (C=O) groups excluding carboxylic acids is 1. The third-order valence-electron chi connectivity index (χ3n) is 6.55. The number of anilines is 5. The molecule has 0 spiro atoms. The average molecular weight is 628 g/mol. The summed E-state index contributed by atoms with van der Waals surface area (Å²) in [5.74, 6) is 1.15. The number of nitrogens with one attached hydrogen (secondary N) is 4. The van der Waals surface area contributed by atoms with Gasteiger partial charge < -0.3 is 30.9 Å². The van der Waals surface area contributed by atoms with Crippen LogP contribution in [0.15, 0.2) is 77.0 Å². The van der Waals surface area contributed by atoms with E-state index in [9.17, 15) is 14.9 Å². The predicted octanol–water partition coefficient (Wildman–Crippen LogP) is 6.26. The number of nitro benzene ring substituents is 1. The molecule has 46 heavy (non-hydrogen) atoms. The first-order valence-electron chi connectivity index (χ1n) is 14.7. The lowest BCUT2D eigenvalue weighted by Crippen LogP contribution is -2.33. The summed E-state index contributed by atoms with van der Waals surface area (Å²) in [5, 5.41) is 31.1. The van der Waals surface area contributed by atoms with Gasteiger partial charge >= 0.3 is 6.09 Å². The molecule has 1 aromatic heterocycles. The number of rotatable bonds is 15. The number of nitrogens with zero attached hydrogens (tertiary/aromatic N) is 7. The molecule has 4 N–H and O–H groups in total. The number of aryl methyl sites for hydroxylation is 2. The molecule has 1 heterocycles. The largest absolute Gasteiger partial charge is 0.448 e. The number of hydrogen-bond donors (Lipinski definition) is 4. The smallest absolute Gasteiger partial charge is 0.407 e. The van der Waals surface area contributed by atoms with E-state index in [1.807, 2.05) is 57.2 Å². The van der Waals surface area contributed by atoms with Gasteiger partial charge in [0, 0.05) is 50.2 Å². The highest BCUT2D eigenvalue weighted by atomic mass is 16.6. The molecule has 0 aliphatic carbocycles. The first kappa shape index (κ1) is 33.0. The first-order valence-corrected chi connectivity index (χ1v) is 14.7. The number of alkyl carbamates (subject to hydrolysis) is 1. The van der Waals surface area contributed by atoms with Crippen LogP contribution in [0, 0.1) is 24.0 Å². The molecule has 0 bridgehead atoms. The van der Waals surface area contributed by atoms with Gasteiger partial charge in [-0.1, -0.05) is 6.07 Å². The number of hydrogen-bond acceptors (Lipinski definition) is 13. The van der Waals surface area contributed by atoms with E-state index in [0.29, 0.717) is 55.4 Å². The van der Waals surface area contributed by atoms with Gasteiger partial charge in [-0.05, 0) is 80.4 Å². The summed E-state index contributed by atoms with van der Waals surface area (Å²) in [6.45, 7) is 8.14. The number of azo groups is 1. The normalized spacial score (nSPS) is 10.8. The minimum atomic E-state index is -0.524. The van der Waals surface area contributed by atoms with Crippen LogP contribution in [0.3, 0.4) is 0 Å². The number of benzene rings is 3. The fourth-order valence-electron chi connectivity index (χ4n) is 4.39. The molecule has 4 aromatic rings. The van der Waals surface area contributed by atoms with Crippen LogP contribution >= 0.6 is 0 Å². The zero-order chi connectivity index (χ0) is 32.9. The maximum absolute atomic E-state index is 12.3. The molecule has 3 aromatic carbocycles. The van der Waals surface area contributed by atoms with Crippen LogP contribution in [0.5, 0.6) is 0 Å². The summed E-state index contributed by atoms with van der Waals surface area (Å²) in [6, 6.07) is 19.4. The van der Waals surface area contributed by atoms with Gasteiger partial charge in [-0.15, -0.1) is 0 Å². The Balaban J connectivity index is 1.19. The van der Waals surface area contributed by atoms with Crippen LogP contribution in [0.4, 0.5) is 51.1 Å². The van der Waals surface area contributed by atoms with E-state index in [0.717, 1.165) is 22.5 Å². The second kappa shape index (κ2) is 16.3. The Morgan fingerprint density at radius 1 is 0.891 bits per heavy atom. The molecular weight excluding hydrogens is 590 g/mol. The van der Waals surface area contributed by atoms with Gasteiger partial charge in [-0.25, -0.2) is 4.79 Å². The minimum Gasteiger partial charge on any atom is -0.448 e. The molecule has 0 saturated carbocycles. The molecule has 0 fully saturated rings. The van der Waals surface area contributed by atoms with E-state index in [-0.39, 0.29) is 12.3 Å². The van der Waals surface area contributed by atoms with Crippen molar-refractivity contribution >= 4 is 52.4 Å². The Bertz CT molecular complexity index is 1630. The van der Waals surface area contributed by atoms with Crippen LogP contribution in [0.2, 0.25) is 0 Å². The predicted molar refractivity (Wildman–Crippen MR) is 178 cm³/mol. The van der Waals surface area contributed by atoms with E-state index >= 15 is 0 Å². The lowest BCUT2D eigenvalue weighted by Gasteiger charge is -2.23. The zero-order valence-corrected chi connectivity index (χ0v) is 26.1. The van der Waals surface area contributed by atoms with Crippen LogP contribution < -0.4 is 26.2 Å². The lowest BCUT2D eigenvalue weighted by atomic mass is 10.1. The van der Waals surface area contributed by atoms with Crippen molar-refractivity contribution in [2.45, 2.75) is 20.8 Å². The zero-order valence-electron chi connectivity index (χ0n) is 26.1. The summed E-state index contributed by atoms with van der Waals surface area (Å²) in [7, 11) is 1.73. The van der Waals surface area contributed by atoms with Crippen molar-refractivity contribution in [1.29, 1.82) is 0 Å². The average Bonchev–Trinajstić information content (AvgIpc) is 3.04. The Morgan fingerprint density at radius 3 is 2.11 bits per heavy atom. The van der Waals surface area contributed by atoms with Gasteiger partial charge in [0.05, 0.1) is 22.8 Å². The van der Waals surface area contributed by atoms with Gasteiger partial charge in [-0.2, -0.15) is 25.2 Å². The molecule has 240 valence electrons. The summed E-state index contributed by atoms with van der Waals surface area (Å²) >= 11 is 0. The van der Waals surface area contributed by atoms with Gasteiger partial charge in [0.15, 0.2) is 0 Å². The standard InChI is InChI=1S/C31H37N11O4/c1-5-41(26-10-6-23(7-11-26)39-40-24-8-12-27(13-9-24)42(44)45)16-17-46-31(43)34-15-14-33-29-36-28(32-4)37-30(38-29)35-25-19-21(2)18-22(3)20-25/h6-13,18-20H,5,14-17H2,1-4H3,(H,34,43)(H3,32,33,35,36,37,38). The molecule has 4 rings (SSSR count). The fraction of sp³-hybridized carbons (Fsp3) is 0.290. The van der Waals surface area contributed by atoms with Crippen LogP contribution in [0.25, 0.3) is 0 Å². The highest BCUT2D eigenvalue weighted by Gasteiger charge is 2.09. The summed E-state index contributed by atoms with van der Waals surface area (Å²) < 4.78 is 5.37. The second-order valence-corrected chi connectivity index (χ2v) is 10.1. The summed E-state index contributed by atoms with van der Waals surface area (Å²) in [4.78, 5) is 37.8. The molecule has 0 aliphatic heterocycles. The summed E-state index contributed by atoms with van der Waals surface area (Å²) in [5.41, 5.74) is 5.22. The fourth-order valence-corrected chi connectivity index (χ4v) is 4.39. The number of carbonyl (C=O) groups is 1. The molecule has 15 nitrogen and oxygen atoms in total. The van der Waals surface area contributed by atoms with E-state index in [4.69, 9.17) is 4.74 Å². The molecular formula is C31H37N11O4. The molecule has 0 aliphatic rings. The monoisotopic (exact) mass is 627 g/mol. The van der Waals surface area contributed by atoms with Gasteiger partial charge in [-0.3, -0.25) is 10.1 Å². The highest BCUT2D eigenvalue weighted by molar-refractivity contribution is 5.67. The maximum Gasteiger partial charge on any atom is 0.407 e. The van der Waals surface area contributed by atoms with Crippen molar-refractivity contribution in [2.24, 2.45) is 10.2 Å². The second-order valence-electron chi connectivity index (χ2n) is 10.1. The number of non-ortho nitro benzene ring substituents is 1. The molecule has 0 saturated heterocycles. The Hall–Kier alpha value is -5.86. The SMILES string of the molecule is CCN(CCOC(=O)NCCNc1nc(NC)nc(Nc2cc(C)cc(C)c2)n1)c1ccc(N=Nc2ccc([N+](=O)[O-])cc2)cc1. The van der Waals surface area contributed by atoms with Crippen molar-refractivity contribution in [3.63, 3.8) is 0 Å². The van der Waals surface area contributed by atoms with Crippen molar-refractivity contribution in [1.82, 2.24) is 20.3 Å². The van der Waals surface area contributed by atoms with Crippen LogP contribution in [-0.4, -0.2) is 65.8 Å². The van der Waals surface area contributed by atoms with Gasteiger partial charge in [0.25, 0.3) is 5.69 Å². The molecule has 0 unspecified atom stereocenters. The van der Waals surface area contributed by atoms with Crippen molar-refractivity contribution in [3.8, 4) is 0 Å². The van der Waals surface area contributed by atoms with E-state index < -0.39 is 11.0 Å². The third-order valence-corrected chi connectivity index (χ3v) is 6.55. The van der Waals surface area contributed by atoms with Crippen molar-refractivity contribution in [3.05, 3.63) is 88.0 Å².